The van der Waals surface area contributed by atoms with Crippen LogP contribution in [0.2, 0.25) is 0 Å². The number of amides is 2. The van der Waals surface area contributed by atoms with Crippen LogP contribution < -0.4 is 14.8 Å². The number of rotatable bonds is 5. The number of methoxy groups -OCH3 is 2. The van der Waals surface area contributed by atoms with Crippen molar-refractivity contribution in [2.45, 2.75) is 32.5 Å². The zero-order chi connectivity index (χ0) is 17.8. The second kappa shape index (κ2) is 7.46. The fraction of sp³-hybridized carbons (Fsp3) is 0.444. The summed E-state index contributed by atoms with van der Waals surface area (Å²) in [7, 11) is 3.25. The third kappa shape index (κ3) is 3.87. The summed E-state index contributed by atoms with van der Waals surface area (Å²) >= 11 is 0. The summed E-state index contributed by atoms with van der Waals surface area (Å²) in [5, 5.41) is 3.05. The number of aromatic nitrogens is 2. The van der Waals surface area contributed by atoms with Gasteiger partial charge in [-0.2, -0.15) is 0 Å². The van der Waals surface area contributed by atoms with Gasteiger partial charge >= 0.3 is 6.03 Å². The lowest BCUT2D eigenvalue weighted by Crippen LogP contribution is -2.46. The minimum atomic E-state index is -0.0481. The molecule has 1 aromatic carbocycles. The molecule has 7 nitrogen and oxygen atoms in total. The van der Waals surface area contributed by atoms with Crippen molar-refractivity contribution in [2.24, 2.45) is 0 Å². The van der Waals surface area contributed by atoms with Crippen molar-refractivity contribution in [2.75, 3.05) is 20.8 Å². The normalized spacial score (nSPS) is 14.6. The molecule has 1 atom stereocenters. The van der Waals surface area contributed by atoms with Gasteiger partial charge in [-0.25, -0.2) is 9.78 Å². The van der Waals surface area contributed by atoms with E-state index in [-0.39, 0.29) is 12.1 Å². The molecule has 0 bridgehead atoms. The number of imidazole rings is 1. The molecule has 1 unspecified atom stereocenters. The van der Waals surface area contributed by atoms with Crippen LogP contribution in [0.25, 0.3) is 0 Å². The van der Waals surface area contributed by atoms with Crippen LogP contribution in [0.1, 0.15) is 18.1 Å². The third-order valence-corrected chi connectivity index (χ3v) is 4.42. The highest BCUT2D eigenvalue weighted by Crippen LogP contribution is 2.33. The molecule has 3 rings (SSSR count). The van der Waals surface area contributed by atoms with E-state index in [1.165, 1.54) is 5.56 Å². The lowest BCUT2D eigenvalue weighted by molar-refractivity contribution is 0.187. The Hall–Kier alpha value is -2.70. The van der Waals surface area contributed by atoms with Crippen LogP contribution in [0, 0.1) is 0 Å². The molecular formula is C18H24N4O3. The number of nitrogens with zero attached hydrogens (tertiary/aromatic N) is 3. The fourth-order valence-corrected chi connectivity index (χ4v) is 3.12. The predicted molar refractivity (Wildman–Crippen MR) is 93.9 cm³/mol. The number of hydrogen-bond donors (Lipinski definition) is 1. The molecule has 134 valence electrons. The second-order valence-corrected chi connectivity index (χ2v) is 6.26. The first-order chi connectivity index (χ1) is 12.1. The Kier molecular flexibility index (Phi) is 5.11. The Labute approximate surface area is 147 Å². The lowest BCUT2D eigenvalue weighted by Gasteiger charge is -2.30. The Morgan fingerprint density at radius 2 is 2.00 bits per heavy atom. The SMILES string of the molecule is COc1cc2c(cc1OC)CN(C(=O)NC(C)Cn1ccnc1)CC2. The number of carbonyl (C=O) groups excluding carboxylic acids is 1. The van der Waals surface area contributed by atoms with E-state index in [0.717, 1.165) is 17.7 Å². The Morgan fingerprint density at radius 1 is 1.28 bits per heavy atom. The molecule has 1 aliphatic heterocycles. The minimum absolute atomic E-state index is 0.0218. The van der Waals surface area contributed by atoms with E-state index >= 15 is 0 Å². The van der Waals surface area contributed by atoms with Crippen molar-refractivity contribution in [3.63, 3.8) is 0 Å². The minimum Gasteiger partial charge on any atom is -0.493 e. The zero-order valence-corrected chi connectivity index (χ0v) is 14.9. The summed E-state index contributed by atoms with van der Waals surface area (Å²) < 4.78 is 12.7. The first-order valence-electron chi connectivity index (χ1n) is 8.35. The highest BCUT2D eigenvalue weighted by molar-refractivity contribution is 5.75. The number of ether oxygens (including phenoxy) is 2. The van der Waals surface area contributed by atoms with Crippen LogP contribution in [0.5, 0.6) is 11.5 Å². The molecule has 7 heteroatoms. The van der Waals surface area contributed by atoms with E-state index in [2.05, 4.69) is 10.3 Å². The maximum Gasteiger partial charge on any atom is 0.317 e. The Bertz CT molecular complexity index is 730. The van der Waals surface area contributed by atoms with Gasteiger partial charge in [0.15, 0.2) is 11.5 Å². The summed E-state index contributed by atoms with van der Waals surface area (Å²) in [5.74, 6) is 1.42. The van der Waals surface area contributed by atoms with E-state index in [1.807, 2.05) is 34.7 Å². The smallest absolute Gasteiger partial charge is 0.317 e. The van der Waals surface area contributed by atoms with Gasteiger partial charge in [0, 0.05) is 38.1 Å². The van der Waals surface area contributed by atoms with Gasteiger partial charge in [-0.15, -0.1) is 0 Å². The molecule has 2 aromatic rings. The molecular weight excluding hydrogens is 320 g/mol. The number of nitrogens with one attached hydrogen (secondary N) is 1. The number of hydrogen-bond acceptors (Lipinski definition) is 4. The maximum atomic E-state index is 12.6. The molecule has 1 aliphatic rings. The predicted octanol–water partition coefficient (Wildman–Crippen LogP) is 2.06. The molecule has 1 aromatic heterocycles. The van der Waals surface area contributed by atoms with E-state index < -0.39 is 0 Å². The van der Waals surface area contributed by atoms with Crippen molar-refractivity contribution in [3.8, 4) is 11.5 Å². The number of benzene rings is 1. The largest absolute Gasteiger partial charge is 0.493 e. The monoisotopic (exact) mass is 344 g/mol. The van der Waals surface area contributed by atoms with Crippen molar-refractivity contribution in [1.82, 2.24) is 19.8 Å². The summed E-state index contributed by atoms with van der Waals surface area (Å²) in [4.78, 5) is 18.4. The Morgan fingerprint density at radius 3 is 2.64 bits per heavy atom. The summed E-state index contributed by atoms with van der Waals surface area (Å²) in [5.41, 5.74) is 2.30. The summed E-state index contributed by atoms with van der Waals surface area (Å²) in [6.07, 6.45) is 6.18. The first-order valence-corrected chi connectivity index (χ1v) is 8.35. The molecule has 1 N–H and O–H groups in total. The van der Waals surface area contributed by atoms with Crippen molar-refractivity contribution < 1.29 is 14.3 Å². The van der Waals surface area contributed by atoms with Crippen molar-refractivity contribution in [3.05, 3.63) is 42.0 Å². The molecule has 0 saturated carbocycles. The van der Waals surface area contributed by atoms with Crippen LogP contribution in [0.3, 0.4) is 0 Å². The van der Waals surface area contributed by atoms with Crippen molar-refractivity contribution in [1.29, 1.82) is 0 Å². The van der Waals surface area contributed by atoms with Crippen LogP contribution in [0.15, 0.2) is 30.9 Å². The van der Waals surface area contributed by atoms with E-state index in [9.17, 15) is 4.79 Å². The van der Waals surface area contributed by atoms with Gasteiger partial charge in [0.05, 0.1) is 20.5 Å². The molecule has 0 radical (unpaired) electrons. The lowest BCUT2D eigenvalue weighted by atomic mass is 9.99. The Balaban J connectivity index is 1.64. The van der Waals surface area contributed by atoms with Crippen LogP contribution >= 0.6 is 0 Å². The number of fused-ring (bicyclic) bond motifs is 1. The molecule has 0 saturated heterocycles. The molecule has 2 heterocycles. The third-order valence-electron chi connectivity index (χ3n) is 4.42. The van der Waals surface area contributed by atoms with Crippen LogP contribution in [0.4, 0.5) is 4.79 Å². The van der Waals surface area contributed by atoms with E-state index in [0.29, 0.717) is 25.4 Å². The van der Waals surface area contributed by atoms with Gasteiger partial charge in [-0.1, -0.05) is 0 Å². The van der Waals surface area contributed by atoms with Crippen molar-refractivity contribution >= 4 is 6.03 Å². The summed E-state index contributed by atoms with van der Waals surface area (Å²) in [6.45, 7) is 3.94. The van der Waals surface area contributed by atoms with Crippen LogP contribution in [-0.2, 0) is 19.5 Å². The zero-order valence-electron chi connectivity index (χ0n) is 14.9. The first kappa shape index (κ1) is 17.1. The standard InChI is InChI=1S/C18H24N4O3/c1-13(10-21-7-5-19-12-21)20-18(23)22-6-4-14-8-16(24-2)17(25-3)9-15(14)11-22/h5,7-9,12-13H,4,6,10-11H2,1-3H3,(H,20,23). The second-order valence-electron chi connectivity index (χ2n) is 6.26. The molecule has 0 spiro atoms. The highest BCUT2D eigenvalue weighted by atomic mass is 16.5. The highest BCUT2D eigenvalue weighted by Gasteiger charge is 2.23. The molecule has 0 aliphatic carbocycles. The summed E-state index contributed by atoms with van der Waals surface area (Å²) in [6, 6.07) is 3.94. The van der Waals surface area contributed by atoms with E-state index in [4.69, 9.17) is 9.47 Å². The molecule has 2 amide bonds. The van der Waals surface area contributed by atoms with Gasteiger partial charge in [0.2, 0.25) is 0 Å². The number of urea groups is 1. The average Bonchev–Trinajstić information content (AvgIpc) is 3.12. The van der Waals surface area contributed by atoms with Gasteiger partial charge in [-0.3, -0.25) is 0 Å². The molecule has 25 heavy (non-hydrogen) atoms. The maximum absolute atomic E-state index is 12.6. The van der Waals surface area contributed by atoms with Gasteiger partial charge < -0.3 is 24.3 Å². The fourth-order valence-electron chi connectivity index (χ4n) is 3.12. The quantitative estimate of drug-likeness (QED) is 0.901. The van der Waals surface area contributed by atoms with Gasteiger partial charge in [0.1, 0.15) is 0 Å². The van der Waals surface area contributed by atoms with E-state index in [1.54, 1.807) is 26.7 Å². The average molecular weight is 344 g/mol. The van der Waals surface area contributed by atoms with Gasteiger partial charge in [-0.05, 0) is 36.6 Å². The number of carbonyl (C=O) groups is 1. The van der Waals surface area contributed by atoms with Gasteiger partial charge in [0.25, 0.3) is 0 Å². The topological polar surface area (TPSA) is 68.6 Å². The molecule has 0 fully saturated rings. The van der Waals surface area contributed by atoms with Crippen LogP contribution in [-0.4, -0.2) is 47.3 Å².